The largest absolute Gasteiger partial charge is 0.309 e. The molecule has 0 unspecified atom stereocenters. The first-order valence-corrected chi connectivity index (χ1v) is 26.9. The van der Waals surface area contributed by atoms with Crippen molar-refractivity contribution >= 4 is 87.2 Å². The highest BCUT2D eigenvalue weighted by molar-refractivity contribution is 6.14. The Balaban J connectivity index is 0.884. The molecule has 12 aromatic carbocycles. The summed E-state index contributed by atoms with van der Waals surface area (Å²) in [5.74, 6) is 0. The molecule has 0 aliphatic carbocycles. The van der Waals surface area contributed by atoms with Gasteiger partial charge in [-0.1, -0.05) is 158 Å². The van der Waals surface area contributed by atoms with Gasteiger partial charge in [-0.2, -0.15) is 10.5 Å². The molecule has 4 aromatic heterocycles. The third kappa shape index (κ3) is 6.77. The molecule has 16 aromatic rings. The first-order valence-electron chi connectivity index (χ1n) is 26.9. The molecular weight excluding hydrogens is 973 g/mol. The summed E-state index contributed by atoms with van der Waals surface area (Å²) >= 11 is 0. The van der Waals surface area contributed by atoms with Crippen LogP contribution in [0.25, 0.3) is 143 Å². The molecule has 0 saturated heterocycles. The Bertz CT molecular complexity index is 4950. The van der Waals surface area contributed by atoms with Gasteiger partial charge in [-0.05, 0) is 143 Å². The van der Waals surface area contributed by atoms with E-state index in [-0.39, 0.29) is 0 Å². The third-order valence-electron chi connectivity index (χ3n) is 16.4. The smallest absolute Gasteiger partial charge is 0.104 e. The molecule has 6 heteroatoms. The first-order chi connectivity index (χ1) is 39.6. The van der Waals surface area contributed by atoms with Gasteiger partial charge in [-0.15, -0.1) is 0 Å². The van der Waals surface area contributed by atoms with Crippen LogP contribution in [-0.4, -0.2) is 18.3 Å². The molecule has 16 rings (SSSR count). The molecule has 0 aliphatic heterocycles. The monoisotopic (exact) mass is 1020 g/mol. The predicted octanol–water partition coefficient (Wildman–Crippen LogP) is 18.8. The second kappa shape index (κ2) is 17.7. The van der Waals surface area contributed by atoms with Gasteiger partial charge in [0.1, 0.15) is 11.6 Å². The summed E-state index contributed by atoms with van der Waals surface area (Å²) in [5.41, 5.74) is 19.5. The van der Waals surface area contributed by atoms with Crippen molar-refractivity contribution < 1.29 is 0 Å². The van der Waals surface area contributed by atoms with Crippen LogP contribution in [0.4, 0.5) is 0 Å². The van der Waals surface area contributed by atoms with Gasteiger partial charge in [-0.3, -0.25) is 0 Å². The zero-order valence-electron chi connectivity index (χ0n) is 43.1. The molecule has 0 radical (unpaired) electrons. The van der Waals surface area contributed by atoms with Crippen LogP contribution < -0.4 is 0 Å². The van der Waals surface area contributed by atoms with Crippen molar-refractivity contribution in [2.75, 3.05) is 0 Å². The molecule has 80 heavy (non-hydrogen) atoms. The number of fused-ring (bicyclic) bond motifs is 12. The van der Waals surface area contributed by atoms with Gasteiger partial charge >= 0.3 is 0 Å². The molecule has 0 amide bonds. The molecule has 0 fully saturated rings. The summed E-state index contributed by atoms with van der Waals surface area (Å²) in [4.78, 5) is 0. The van der Waals surface area contributed by atoms with Crippen LogP contribution in [0.15, 0.2) is 267 Å². The highest BCUT2D eigenvalue weighted by atomic mass is 15.0. The number of rotatable bonds is 7. The number of hydrogen-bond acceptors (Lipinski definition) is 2. The van der Waals surface area contributed by atoms with Gasteiger partial charge < -0.3 is 18.3 Å². The molecule has 0 saturated carbocycles. The zero-order chi connectivity index (χ0) is 53.0. The molecule has 0 atom stereocenters. The second-order valence-corrected chi connectivity index (χ2v) is 20.7. The van der Waals surface area contributed by atoms with Crippen LogP contribution in [0.3, 0.4) is 0 Å². The van der Waals surface area contributed by atoms with Crippen molar-refractivity contribution in [1.82, 2.24) is 18.3 Å². The van der Waals surface area contributed by atoms with E-state index in [0.29, 0.717) is 11.1 Å². The summed E-state index contributed by atoms with van der Waals surface area (Å²) < 4.78 is 9.25. The van der Waals surface area contributed by atoms with E-state index in [1.165, 1.54) is 43.6 Å². The fourth-order valence-corrected chi connectivity index (χ4v) is 12.9. The van der Waals surface area contributed by atoms with Gasteiger partial charge in [0.25, 0.3) is 0 Å². The minimum atomic E-state index is 0.529. The van der Waals surface area contributed by atoms with Crippen molar-refractivity contribution in [3.05, 3.63) is 278 Å². The fourth-order valence-electron chi connectivity index (χ4n) is 12.9. The Hall–Kier alpha value is -11.2. The van der Waals surface area contributed by atoms with Crippen LogP contribution in [0, 0.1) is 22.7 Å². The van der Waals surface area contributed by atoms with Gasteiger partial charge in [0.2, 0.25) is 0 Å². The third-order valence-corrected chi connectivity index (χ3v) is 16.4. The SMILES string of the molecule is N#Cc1cccc(-c2cc(-n3c4ccccc4c4cc(-c5cccc(-n6c7ccccc7c7ccccc76)c5)ccc43)c(C#N)c(-n3c4ccccc4c4cc(-c5cccc(-n6c7ccccc7c7ccccc76)c5)ccc43)c2)c1. The maximum atomic E-state index is 11.8. The number of nitriles is 2. The van der Waals surface area contributed by atoms with Crippen LogP contribution in [0.2, 0.25) is 0 Å². The molecule has 0 bridgehead atoms. The minimum Gasteiger partial charge on any atom is -0.309 e. The molecule has 6 nitrogen and oxygen atoms in total. The maximum Gasteiger partial charge on any atom is 0.104 e. The molecule has 4 heterocycles. The van der Waals surface area contributed by atoms with Crippen LogP contribution in [0.5, 0.6) is 0 Å². The lowest BCUT2D eigenvalue weighted by Gasteiger charge is -2.18. The normalized spacial score (nSPS) is 11.7. The summed E-state index contributed by atoms with van der Waals surface area (Å²) in [7, 11) is 0. The topological polar surface area (TPSA) is 67.3 Å². The molecule has 0 aliphatic rings. The average molecular weight is 1020 g/mol. The summed E-state index contributed by atoms with van der Waals surface area (Å²) in [5, 5.41) is 31.2. The van der Waals surface area contributed by atoms with E-state index in [4.69, 9.17) is 0 Å². The Morgan fingerprint density at radius 3 is 0.938 bits per heavy atom. The Labute approximate surface area is 459 Å². The van der Waals surface area contributed by atoms with E-state index >= 15 is 0 Å². The first kappa shape index (κ1) is 45.1. The number of nitrogens with zero attached hydrogens (tertiary/aromatic N) is 6. The van der Waals surface area contributed by atoms with Crippen molar-refractivity contribution in [2.45, 2.75) is 0 Å². The van der Waals surface area contributed by atoms with Gasteiger partial charge in [0, 0.05) is 54.5 Å². The number of aromatic nitrogens is 4. The molecule has 0 spiro atoms. The highest BCUT2D eigenvalue weighted by Crippen LogP contribution is 2.43. The number of benzene rings is 12. The van der Waals surface area contributed by atoms with E-state index in [1.807, 2.05) is 24.3 Å². The lowest BCUT2D eigenvalue weighted by atomic mass is 9.98. The fraction of sp³-hybridized carbons (Fsp3) is 0. The summed E-state index contributed by atoms with van der Waals surface area (Å²) in [6, 6.07) is 99.7. The quantitative estimate of drug-likeness (QED) is 0.160. The lowest BCUT2D eigenvalue weighted by molar-refractivity contribution is 1.12. The van der Waals surface area contributed by atoms with Crippen LogP contribution >= 0.6 is 0 Å². The molecule has 0 N–H and O–H groups in total. The summed E-state index contributed by atoms with van der Waals surface area (Å²) in [6.45, 7) is 0. The Morgan fingerprint density at radius 2 is 0.550 bits per heavy atom. The lowest BCUT2D eigenvalue weighted by Crippen LogP contribution is -2.05. The van der Waals surface area contributed by atoms with Crippen molar-refractivity contribution in [3.63, 3.8) is 0 Å². The van der Waals surface area contributed by atoms with Gasteiger partial charge in [0.05, 0.1) is 67.1 Å². The maximum absolute atomic E-state index is 11.8. The van der Waals surface area contributed by atoms with E-state index in [0.717, 1.165) is 99.7 Å². The molecular formula is C74H44N6. The average Bonchev–Trinajstić information content (AvgIpc) is 4.29. The van der Waals surface area contributed by atoms with Crippen LogP contribution in [0.1, 0.15) is 11.1 Å². The van der Waals surface area contributed by atoms with Gasteiger partial charge in [0.15, 0.2) is 0 Å². The predicted molar refractivity (Wildman–Crippen MR) is 330 cm³/mol. The Kier molecular flexibility index (Phi) is 9.96. The van der Waals surface area contributed by atoms with Crippen molar-refractivity contribution in [2.24, 2.45) is 0 Å². The minimum absolute atomic E-state index is 0.529. The summed E-state index contributed by atoms with van der Waals surface area (Å²) in [6.07, 6.45) is 0. The van der Waals surface area contributed by atoms with Crippen molar-refractivity contribution in [3.8, 4) is 68.3 Å². The standard InChI is InChI=1S/C74H44N6/c75-45-47-16-13-17-48(38-47)53-43-73(79-69-32-11-5-26-60(69)62-41-51(34-36-71(62)79)49-18-14-20-54(39-49)77-65-28-7-1-22-56(65)57-23-2-8-29-66(57)77)64(46-76)74(44-53)80-70-33-12-6-27-61(70)63-42-52(35-37-72(63)80)50-19-15-21-55(40-50)78-67-30-9-3-24-58(67)59-25-4-10-31-68(59)78/h1-44H. The van der Waals surface area contributed by atoms with E-state index in [9.17, 15) is 10.5 Å². The van der Waals surface area contributed by atoms with Crippen LogP contribution in [-0.2, 0) is 0 Å². The van der Waals surface area contributed by atoms with Gasteiger partial charge in [-0.25, -0.2) is 0 Å². The number of para-hydroxylation sites is 6. The Morgan fingerprint density at radius 1 is 0.225 bits per heavy atom. The van der Waals surface area contributed by atoms with Crippen molar-refractivity contribution in [1.29, 1.82) is 10.5 Å². The molecule has 370 valence electrons. The van der Waals surface area contributed by atoms with E-state index < -0.39 is 0 Å². The zero-order valence-corrected chi connectivity index (χ0v) is 43.1. The van der Waals surface area contributed by atoms with E-state index in [1.54, 1.807) is 0 Å². The van der Waals surface area contributed by atoms with E-state index in [2.05, 4.69) is 273 Å². The highest BCUT2D eigenvalue weighted by Gasteiger charge is 2.24. The second-order valence-electron chi connectivity index (χ2n) is 20.7. The number of hydrogen-bond donors (Lipinski definition) is 0.